The molecule has 0 aromatic carbocycles. The molecule has 0 aliphatic rings. The fourth-order valence-electron chi connectivity index (χ4n) is 0.260. The van der Waals surface area contributed by atoms with Crippen molar-refractivity contribution in [1.82, 2.24) is 0 Å². The smallest absolute Gasteiger partial charge is 0.128 e. The van der Waals surface area contributed by atoms with Crippen molar-refractivity contribution in [1.29, 1.82) is 0 Å². The van der Waals surface area contributed by atoms with Crippen LogP contribution in [0.25, 0.3) is 0 Å². The average Bonchev–Trinajstić information content (AvgIpc) is 1.61. The fraction of sp³-hybridized carbons (Fsp3) is 1.00. The van der Waals surface area contributed by atoms with Gasteiger partial charge in [-0.3, -0.25) is 0 Å². The Hall–Kier alpha value is 0.210. The largest absolute Gasteiger partial charge is 0.396 e. The molecular weight excluding hydrogens is 115 g/mol. The molecule has 7 heavy (non-hydrogen) atoms. The number of halogens is 1. The van der Waals surface area contributed by atoms with E-state index >= 15 is 0 Å². The highest BCUT2D eigenvalue weighted by Gasteiger charge is 1.93. The first-order chi connectivity index (χ1) is 3.27. The maximum absolute atomic E-state index is 8.34. The molecule has 2 nitrogen and oxygen atoms in total. The molecule has 2 N–H and O–H groups in total. The first-order valence-corrected chi connectivity index (χ1v) is 2.64. The Bertz CT molecular complexity index is 38.7. The molecule has 0 amide bonds. The summed E-state index contributed by atoms with van der Waals surface area (Å²) in [4.78, 5) is 0. The summed E-state index contributed by atoms with van der Waals surface area (Å²) in [5, 5.41) is 16.5. The highest BCUT2D eigenvalue weighted by atomic mass is 35.5. The molecule has 0 radical (unpaired) electrons. The summed E-state index contributed by atoms with van der Waals surface area (Å²) >= 11 is 5.10. The minimum absolute atomic E-state index is 0.101. The van der Waals surface area contributed by atoms with E-state index in [0.29, 0.717) is 12.8 Å². The molecule has 0 saturated carbocycles. The van der Waals surface area contributed by atoms with E-state index in [0.717, 1.165) is 0 Å². The van der Waals surface area contributed by atoms with Crippen molar-refractivity contribution < 1.29 is 10.2 Å². The van der Waals surface area contributed by atoms with Gasteiger partial charge in [-0.2, -0.15) is 0 Å². The number of rotatable bonds is 3. The van der Waals surface area contributed by atoms with E-state index in [-0.39, 0.29) is 6.61 Å². The number of aliphatic hydroxyl groups is 2. The summed E-state index contributed by atoms with van der Waals surface area (Å²) in [6, 6.07) is 0. The molecule has 0 aliphatic carbocycles. The first kappa shape index (κ1) is 7.21. The first-order valence-electron chi connectivity index (χ1n) is 2.20. The van der Waals surface area contributed by atoms with Crippen LogP contribution in [-0.4, -0.2) is 22.4 Å². The van der Waals surface area contributed by atoms with Gasteiger partial charge in [0, 0.05) is 6.61 Å². The van der Waals surface area contributed by atoms with Crippen LogP contribution in [-0.2, 0) is 0 Å². The van der Waals surface area contributed by atoms with Gasteiger partial charge < -0.3 is 10.2 Å². The standard InChI is InChI=1S/C4H9ClO2/c5-4(7)2-1-3-6/h4,6-7H,1-3H2. The fourth-order valence-corrected chi connectivity index (χ4v) is 0.414. The molecular formula is C4H9ClO2. The lowest BCUT2D eigenvalue weighted by atomic mass is 10.3. The lowest BCUT2D eigenvalue weighted by Gasteiger charge is -1.95. The molecule has 1 atom stereocenters. The molecule has 44 valence electrons. The third-order valence-electron chi connectivity index (χ3n) is 0.600. The Kier molecular flexibility index (Phi) is 4.50. The van der Waals surface area contributed by atoms with Crippen molar-refractivity contribution >= 4 is 11.6 Å². The van der Waals surface area contributed by atoms with Gasteiger partial charge >= 0.3 is 0 Å². The van der Waals surface area contributed by atoms with Crippen LogP contribution in [0.5, 0.6) is 0 Å². The van der Waals surface area contributed by atoms with Crippen LogP contribution in [0.1, 0.15) is 12.8 Å². The van der Waals surface area contributed by atoms with E-state index in [1.54, 1.807) is 0 Å². The summed E-state index contributed by atoms with van der Waals surface area (Å²) in [6.07, 6.45) is 1.04. The quantitative estimate of drug-likeness (QED) is 0.532. The van der Waals surface area contributed by atoms with Gasteiger partial charge in [-0.1, -0.05) is 11.6 Å². The highest BCUT2D eigenvalue weighted by Crippen LogP contribution is 1.98. The Balaban J connectivity index is 2.68. The van der Waals surface area contributed by atoms with Crippen molar-refractivity contribution in [2.24, 2.45) is 0 Å². The minimum Gasteiger partial charge on any atom is -0.396 e. The summed E-state index contributed by atoms with van der Waals surface area (Å²) in [7, 11) is 0. The van der Waals surface area contributed by atoms with Crippen molar-refractivity contribution in [2.75, 3.05) is 6.61 Å². The third kappa shape index (κ3) is 6.21. The van der Waals surface area contributed by atoms with E-state index in [2.05, 4.69) is 0 Å². The van der Waals surface area contributed by atoms with Crippen LogP contribution in [0, 0.1) is 0 Å². The number of aliphatic hydroxyl groups excluding tert-OH is 2. The van der Waals surface area contributed by atoms with Crippen LogP contribution in [0.15, 0.2) is 0 Å². The summed E-state index contributed by atoms with van der Waals surface area (Å²) in [5.74, 6) is 0. The maximum atomic E-state index is 8.34. The molecule has 0 aliphatic heterocycles. The lowest BCUT2D eigenvalue weighted by Crippen LogP contribution is -1.96. The SMILES string of the molecule is OCCCC(O)Cl. The van der Waals surface area contributed by atoms with Gasteiger partial charge in [0.1, 0.15) is 5.56 Å². The second-order valence-corrected chi connectivity index (χ2v) is 1.80. The van der Waals surface area contributed by atoms with Crippen LogP contribution < -0.4 is 0 Å². The second kappa shape index (κ2) is 4.37. The highest BCUT2D eigenvalue weighted by molar-refractivity contribution is 6.19. The monoisotopic (exact) mass is 124 g/mol. The summed E-state index contributed by atoms with van der Waals surface area (Å²) in [5.41, 5.74) is -0.785. The van der Waals surface area contributed by atoms with E-state index in [1.807, 2.05) is 0 Å². The van der Waals surface area contributed by atoms with Crippen LogP contribution >= 0.6 is 11.6 Å². The van der Waals surface area contributed by atoms with E-state index < -0.39 is 5.56 Å². The van der Waals surface area contributed by atoms with Crippen LogP contribution in [0.3, 0.4) is 0 Å². The Morgan fingerprint density at radius 2 is 2.14 bits per heavy atom. The summed E-state index contributed by atoms with van der Waals surface area (Å²) < 4.78 is 0. The van der Waals surface area contributed by atoms with Gasteiger partial charge in [0.15, 0.2) is 0 Å². The Labute approximate surface area is 47.7 Å². The van der Waals surface area contributed by atoms with Crippen molar-refractivity contribution in [2.45, 2.75) is 18.4 Å². The molecule has 0 fully saturated rings. The number of hydrogen-bond acceptors (Lipinski definition) is 2. The van der Waals surface area contributed by atoms with Gasteiger partial charge in [-0.25, -0.2) is 0 Å². The van der Waals surface area contributed by atoms with Gasteiger partial charge in [0.25, 0.3) is 0 Å². The predicted octanol–water partition coefficient (Wildman–Crippen LogP) is 0.316. The third-order valence-corrected chi connectivity index (χ3v) is 0.819. The topological polar surface area (TPSA) is 40.5 Å². The molecule has 0 spiro atoms. The zero-order valence-electron chi connectivity index (χ0n) is 3.97. The molecule has 0 aromatic rings. The average molecular weight is 125 g/mol. The number of alkyl halides is 1. The zero-order chi connectivity index (χ0) is 5.70. The Morgan fingerprint density at radius 3 is 2.29 bits per heavy atom. The van der Waals surface area contributed by atoms with E-state index in [4.69, 9.17) is 21.8 Å². The Morgan fingerprint density at radius 1 is 1.57 bits per heavy atom. The molecule has 0 bridgehead atoms. The molecule has 3 heteroatoms. The van der Waals surface area contributed by atoms with Gasteiger partial charge in [-0.05, 0) is 12.8 Å². The minimum atomic E-state index is -0.785. The predicted molar refractivity (Wildman–Crippen MR) is 28.2 cm³/mol. The van der Waals surface area contributed by atoms with E-state index in [1.165, 1.54) is 0 Å². The second-order valence-electron chi connectivity index (χ2n) is 1.30. The maximum Gasteiger partial charge on any atom is 0.128 e. The lowest BCUT2D eigenvalue weighted by molar-refractivity contribution is 0.215. The van der Waals surface area contributed by atoms with Crippen molar-refractivity contribution in [3.63, 3.8) is 0 Å². The summed E-state index contributed by atoms with van der Waals surface area (Å²) in [6.45, 7) is 0.101. The molecule has 0 heterocycles. The molecule has 0 saturated heterocycles. The van der Waals surface area contributed by atoms with Gasteiger partial charge in [0.05, 0.1) is 0 Å². The van der Waals surface area contributed by atoms with Gasteiger partial charge in [0.2, 0.25) is 0 Å². The normalized spacial score (nSPS) is 14.1. The van der Waals surface area contributed by atoms with E-state index in [9.17, 15) is 0 Å². The van der Waals surface area contributed by atoms with Gasteiger partial charge in [-0.15, -0.1) is 0 Å². The zero-order valence-corrected chi connectivity index (χ0v) is 4.73. The van der Waals surface area contributed by atoms with Crippen LogP contribution in [0.4, 0.5) is 0 Å². The molecule has 0 aromatic heterocycles. The molecule has 1 unspecified atom stereocenters. The number of hydrogen-bond donors (Lipinski definition) is 2. The molecule has 0 rings (SSSR count). The van der Waals surface area contributed by atoms with Crippen molar-refractivity contribution in [3.8, 4) is 0 Å². The van der Waals surface area contributed by atoms with Crippen molar-refractivity contribution in [3.05, 3.63) is 0 Å². The van der Waals surface area contributed by atoms with Crippen LogP contribution in [0.2, 0.25) is 0 Å².